The number of fused-ring (bicyclic) bond motifs is 1. The second kappa shape index (κ2) is 5.68. The Balaban J connectivity index is 1.68. The van der Waals surface area contributed by atoms with Gasteiger partial charge in [-0.3, -0.25) is 4.79 Å². The number of ketones is 1. The van der Waals surface area contributed by atoms with Crippen LogP contribution in [0.5, 0.6) is 5.75 Å². The minimum Gasteiger partial charge on any atom is -0.493 e. The number of halogens is 1. The quantitative estimate of drug-likeness (QED) is 0.796. The Bertz CT molecular complexity index is 692. The third-order valence-electron chi connectivity index (χ3n) is 3.88. The summed E-state index contributed by atoms with van der Waals surface area (Å²) in [6.45, 7) is 2.51. The van der Waals surface area contributed by atoms with Crippen LogP contribution in [0, 0.1) is 12.7 Å². The fourth-order valence-corrected chi connectivity index (χ4v) is 2.73. The van der Waals surface area contributed by atoms with Gasteiger partial charge in [-0.05, 0) is 54.3 Å². The van der Waals surface area contributed by atoms with E-state index in [1.807, 2.05) is 12.1 Å². The monoisotopic (exact) mass is 284 g/mol. The summed E-state index contributed by atoms with van der Waals surface area (Å²) in [5.41, 5.74) is 3.67. The fraction of sp³-hybridized carbons (Fsp3) is 0.278. The Morgan fingerprint density at radius 2 is 2.10 bits per heavy atom. The van der Waals surface area contributed by atoms with E-state index < -0.39 is 0 Å². The van der Waals surface area contributed by atoms with Crippen LogP contribution < -0.4 is 4.74 Å². The van der Waals surface area contributed by atoms with Crippen LogP contribution in [0.4, 0.5) is 4.39 Å². The first-order valence-electron chi connectivity index (χ1n) is 7.17. The van der Waals surface area contributed by atoms with Crippen LogP contribution in [0.25, 0.3) is 0 Å². The molecule has 0 saturated heterocycles. The zero-order chi connectivity index (χ0) is 14.8. The van der Waals surface area contributed by atoms with E-state index in [2.05, 4.69) is 6.07 Å². The van der Waals surface area contributed by atoms with Crippen LogP contribution in [0.2, 0.25) is 0 Å². The van der Waals surface area contributed by atoms with Gasteiger partial charge in [-0.15, -0.1) is 0 Å². The van der Waals surface area contributed by atoms with Crippen molar-refractivity contribution in [3.8, 4) is 5.75 Å². The van der Waals surface area contributed by atoms with E-state index in [1.165, 1.54) is 17.7 Å². The third-order valence-corrected chi connectivity index (χ3v) is 3.88. The molecule has 2 nitrogen and oxygen atoms in total. The van der Waals surface area contributed by atoms with Crippen LogP contribution in [0.1, 0.15) is 33.5 Å². The molecule has 3 heteroatoms. The summed E-state index contributed by atoms with van der Waals surface area (Å²) in [6, 6.07) is 10.4. The highest BCUT2D eigenvalue weighted by Crippen LogP contribution is 2.26. The summed E-state index contributed by atoms with van der Waals surface area (Å²) in [6.07, 6.45) is 2.07. The molecule has 3 rings (SSSR count). The van der Waals surface area contributed by atoms with E-state index in [0.29, 0.717) is 24.0 Å². The number of benzene rings is 2. The molecule has 0 aromatic heterocycles. The lowest BCUT2D eigenvalue weighted by Gasteiger charge is -2.06. The minimum atomic E-state index is -0.303. The number of aryl methyl sites for hydroxylation is 2. The van der Waals surface area contributed by atoms with E-state index >= 15 is 0 Å². The van der Waals surface area contributed by atoms with Crippen LogP contribution in [0.3, 0.4) is 0 Å². The van der Waals surface area contributed by atoms with E-state index in [9.17, 15) is 9.18 Å². The zero-order valence-electron chi connectivity index (χ0n) is 12.0. The highest BCUT2D eigenvalue weighted by Gasteiger charge is 2.13. The van der Waals surface area contributed by atoms with Gasteiger partial charge in [-0.25, -0.2) is 4.39 Å². The van der Waals surface area contributed by atoms with Gasteiger partial charge >= 0.3 is 0 Å². The Morgan fingerprint density at radius 1 is 1.24 bits per heavy atom. The third kappa shape index (κ3) is 2.97. The number of carbonyl (C=O) groups is 1. The van der Waals surface area contributed by atoms with Crippen LogP contribution >= 0.6 is 0 Å². The lowest BCUT2D eigenvalue weighted by molar-refractivity contribution is 0.0982. The van der Waals surface area contributed by atoms with Gasteiger partial charge in [-0.1, -0.05) is 12.1 Å². The van der Waals surface area contributed by atoms with E-state index in [1.54, 1.807) is 13.0 Å². The van der Waals surface area contributed by atoms with Crippen LogP contribution in [-0.4, -0.2) is 12.4 Å². The lowest BCUT2D eigenvalue weighted by Crippen LogP contribution is -2.04. The molecule has 0 aliphatic carbocycles. The Labute approximate surface area is 123 Å². The Kier molecular flexibility index (Phi) is 3.74. The summed E-state index contributed by atoms with van der Waals surface area (Å²) >= 11 is 0. The van der Waals surface area contributed by atoms with Gasteiger partial charge < -0.3 is 4.74 Å². The Hall–Kier alpha value is -2.16. The van der Waals surface area contributed by atoms with Crippen molar-refractivity contribution in [2.45, 2.75) is 26.2 Å². The molecule has 2 aromatic carbocycles. The van der Waals surface area contributed by atoms with Crippen molar-refractivity contribution in [3.05, 3.63) is 64.5 Å². The number of ether oxygens (including phenoxy) is 1. The molecule has 0 saturated carbocycles. The molecule has 0 atom stereocenters. The van der Waals surface area contributed by atoms with Gasteiger partial charge in [0.1, 0.15) is 11.6 Å². The molecule has 0 radical (unpaired) electrons. The second-order valence-corrected chi connectivity index (χ2v) is 5.42. The molecule has 1 aliphatic heterocycles. The molecule has 21 heavy (non-hydrogen) atoms. The minimum absolute atomic E-state index is 0.0595. The van der Waals surface area contributed by atoms with Gasteiger partial charge in [0.2, 0.25) is 0 Å². The SMILES string of the molecule is Cc1cc(F)ccc1C(=O)CCc1ccc2c(c1)CCO2. The molecule has 0 N–H and O–H groups in total. The molecule has 0 bridgehead atoms. The van der Waals surface area contributed by atoms with Crippen molar-refractivity contribution in [1.82, 2.24) is 0 Å². The molecule has 0 unspecified atom stereocenters. The lowest BCUT2D eigenvalue weighted by atomic mass is 9.98. The highest BCUT2D eigenvalue weighted by atomic mass is 19.1. The zero-order valence-corrected chi connectivity index (χ0v) is 12.0. The maximum absolute atomic E-state index is 13.1. The maximum atomic E-state index is 13.1. The molecule has 1 heterocycles. The largest absolute Gasteiger partial charge is 0.493 e. The molecule has 108 valence electrons. The van der Waals surface area contributed by atoms with E-state index in [-0.39, 0.29) is 11.6 Å². The number of hydrogen-bond acceptors (Lipinski definition) is 2. The predicted octanol–water partition coefficient (Wildman–Crippen LogP) is 3.88. The number of rotatable bonds is 4. The number of hydrogen-bond donors (Lipinski definition) is 0. The van der Waals surface area contributed by atoms with Crippen molar-refractivity contribution >= 4 is 5.78 Å². The summed E-state index contributed by atoms with van der Waals surface area (Å²) in [5, 5.41) is 0. The first-order valence-corrected chi connectivity index (χ1v) is 7.17. The van der Waals surface area contributed by atoms with Crippen molar-refractivity contribution in [2.24, 2.45) is 0 Å². The molecule has 0 fully saturated rings. The maximum Gasteiger partial charge on any atom is 0.163 e. The van der Waals surface area contributed by atoms with Crippen molar-refractivity contribution in [2.75, 3.05) is 6.61 Å². The van der Waals surface area contributed by atoms with Crippen LogP contribution in [-0.2, 0) is 12.8 Å². The summed E-state index contributed by atoms with van der Waals surface area (Å²) in [7, 11) is 0. The molecular formula is C18H17FO2. The summed E-state index contributed by atoms with van der Waals surface area (Å²) < 4.78 is 18.5. The van der Waals surface area contributed by atoms with Crippen molar-refractivity contribution < 1.29 is 13.9 Å². The molecule has 0 spiro atoms. The smallest absolute Gasteiger partial charge is 0.163 e. The highest BCUT2D eigenvalue weighted by molar-refractivity contribution is 5.97. The second-order valence-electron chi connectivity index (χ2n) is 5.42. The predicted molar refractivity (Wildman–Crippen MR) is 79.4 cm³/mol. The number of carbonyl (C=O) groups excluding carboxylic acids is 1. The van der Waals surface area contributed by atoms with E-state index in [0.717, 1.165) is 24.3 Å². The Morgan fingerprint density at radius 3 is 2.90 bits per heavy atom. The van der Waals surface area contributed by atoms with Gasteiger partial charge in [0.25, 0.3) is 0 Å². The van der Waals surface area contributed by atoms with Gasteiger partial charge in [0.05, 0.1) is 6.61 Å². The first-order chi connectivity index (χ1) is 10.1. The summed E-state index contributed by atoms with van der Waals surface area (Å²) in [4.78, 5) is 12.2. The normalized spacial score (nSPS) is 12.9. The fourth-order valence-electron chi connectivity index (χ4n) is 2.73. The standard InChI is InChI=1S/C18H17FO2/c1-12-10-15(19)4-5-16(12)17(20)6-2-13-3-7-18-14(11-13)8-9-21-18/h3-5,7,10-11H,2,6,8-9H2,1H3. The van der Waals surface area contributed by atoms with Crippen LogP contribution in [0.15, 0.2) is 36.4 Å². The van der Waals surface area contributed by atoms with Gasteiger partial charge in [0.15, 0.2) is 5.78 Å². The average molecular weight is 284 g/mol. The van der Waals surface area contributed by atoms with Gasteiger partial charge in [0, 0.05) is 18.4 Å². The van der Waals surface area contributed by atoms with Crippen molar-refractivity contribution in [3.63, 3.8) is 0 Å². The van der Waals surface area contributed by atoms with Crippen molar-refractivity contribution in [1.29, 1.82) is 0 Å². The number of Topliss-reactive ketones (excluding diaryl/α,β-unsaturated/α-hetero) is 1. The summed E-state index contributed by atoms with van der Waals surface area (Å²) in [5.74, 6) is 0.714. The average Bonchev–Trinajstić information content (AvgIpc) is 2.92. The molecule has 1 aliphatic rings. The first kappa shape index (κ1) is 13.8. The molecular weight excluding hydrogens is 267 g/mol. The van der Waals surface area contributed by atoms with Gasteiger partial charge in [-0.2, -0.15) is 0 Å². The van der Waals surface area contributed by atoms with E-state index in [4.69, 9.17) is 4.74 Å². The topological polar surface area (TPSA) is 26.3 Å². The molecule has 2 aromatic rings. The molecule has 0 amide bonds.